The summed E-state index contributed by atoms with van der Waals surface area (Å²) in [4.78, 5) is 20.3. The number of rotatable bonds is 6. The lowest BCUT2D eigenvalue weighted by Gasteiger charge is -2.11. The van der Waals surface area contributed by atoms with E-state index in [1.807, 2.05) is 20.8 Å². The molecule has 0 aliphatic heterocycles. The average Bonchev–Trinajstić information content (AvgIpc) is 2.35. The molecule has 0 rings (SSSR count). The molecule has 6 nitrogen and oxygen atoms in total. The lowest BCUT2D eigenvalue weighted by atomic mass is 10.0. The molecular formula is C12H24N2O4. The number of nitrogens with two attached hydrogens (primary N) is 2. The molecule has 0 radical (unpaired) electrons. The fraction of sp³-hybridized carbons (Fsp3) is 0.667. The molecule has 0 fully saturated rings. The van der Waals surface area contributed by atoms with Crippen molar-refractivity contribution in [1.29, 1.82) is 0 Å². The topological polar surface area (TPSA) is 127 Å². The predicted molar refractivity (Wildman–Crippen MR) is 70.1 cm³/mol. The Hall–Kier alpha value is -1.40. The maximum Gasteiger partial charge on any atom is 0.324 e. The first-order valence-electron chi connectivity index (χ1n) is 5.83. The minimum atomic E-state index is -1.01. The molecule has 0 aliphatic rings. The zero-order chi connectivity index (χ0) is 14.9. The third kappa shape index (κ3) is 7.81. The fourth-order valence-corrected chi connectivity index (χ4v) is 0.892. The van der Waals surface area contributed by atoms with E-state index in [4.69, 9.17) is 21.7 Å². The Morgan fingerprint density at radius 3 is 1.72 bits per heavy atom. The third-order valence-corrected chi connectivity index (χ3v) is 2.70. The zero-order valence-corrected chi connectivity index (χ0v) is 11.2. The van der Waals surface area contributed by atoms with Gasteiger partial charge in [-0.1, -0.05) is 33.8 Å². The highest BCUT2D eigenvalue weighted by Gasteiger charge is 2.17. The van der Waals surface area contributed by atoms with Gasteiger partial charge in [-0.15, -0.1) is 0 Å². The van der Waals surface area contributed by atoms with Crippen LogP contribution in [0.15, 0.2) is 12.2 Å². The van der Waals surface area contributed by atoms with Crippen molar-refractivity contribution in [3.63, 3.8) is 0 Å². The van der Waals surface area contributed by atoms with Crippen LogP contribution in [-0.4, -0.2) is 34.2 Å². The van der Waals surface area contributed by atoms with Crippen LogP contribution in [0.4, 0.5) is 0 Å². The van der Waals surface area contributed by atoms with E-state index < -0.39 is 24.0 Å². The van der Waals surface area contributed by atoms with Crippen LogP contribution in [0.3, 0.4) is 0 Å². The minimum absolute atomic E-state index is 0.0718. The molecule has 3 atom stereocenters. The molecule has 0 saturated carbocycles. The van der Waals surface area contributed by atoms with Gasteiger partial charge in [-0.3, -0.25) is 9.59 Å². The first-order valence-corrected chi connectivity index (χ1v) is 5.83. The molecule has 0 aliphatic carbocycles. The van der Waals surface area contributed by atoms with Crippen LogP contribution in [0.5, 0.6) is 0 Å². The summed E-state index contributed by atoms with van der Waals surface area (Å²) in [6.45, 7) is 9.07. The van der Waals surface area contributed by atoms with Gasteiger partial charge < -0.3 is 21.7 Å². The quantitative estimate of drug-likeness (QED) is 0.523. The van der Waals surface area contributed by atoms with E-state index in [-0.39, 0.29) is 5.92 Å². The monoisotopic (exact) mass is 260 g/mol. The van der Waals surface area contributed by atoms with Crippen molar-refractivity contribution in [2.45, 2.75) is 45.7 Å². The van der Waals surface area contributed by atoms with E-state index in [1.54, 1.807) is 0 Å². The number of hydrogen-bond donors (Lipinski definition) is 4. The fourth-order valence-electron chi connectivity index (χ4n) is 0.892. The highest BCUT2D eigenvalue weighted by atomic mass is 16.4. The van der Waals surface area contributed by atoms with Crippen molar-refractivity contribution in [1.82, 2.24) is 0 Å². The maximum absolute atomic E-state index is 10.2. The summed E-state index contributed by atoms with van der Waals surface area (Å²) in [5.41, 5.74) is 11.0. The highest BCUT2D eigenvalue weighted by molar-refractivity contribution is 5.76. The van der Waals surface area contributed by atoms with E-state index in [0.29, 0.717) is 12.0 Å². The van der Waals surface area contributed by atoms with Gasteiger partial charge in [-0.2, -0.15) is 0 Å². The lowest BCUT2D eigenvalue weighted by molar-refractivity contribution is -0.140. The minimum Gasteiger partial charge on any atom is -0.480 e. The molecule has 0 aromatic carbocycles. The van der Waals surface area contributed by atoms with E-state index in [2.05, 4.69) is 6.58 Å². The van der Waals surface area contributed by atoms with Crippen LogP contribution in [0.2, 0.25) is 0 Å². The lowest BCUT2D eigenvalue weighted by Crippen LogP contribution is -2.36. The van der Waals surface area contributed by atoms with Gasteiger partial charge in [0.05, 0.1) is 0 Å². The molecule has 0 heterocycles. The highest BCUT2D eigenvalue weighted by Crippen LogP contribution is 2.04. The Morgan fingerprint density at radius 2 is 1.61 bits per heavy atom. The second-order valence-corrected chi connectivity index (χ2v) is 4.08. The van der Waals surface area contributed by atoms with Gasteiger partial charge in [-0.05, 0) is 17.9 Å². The number of carboxylic acids is 2. The van der Waals surface area contributed by atoms with Crippen LogP contribution >= 0.6 is 0 Å². The van der Waals surface area contributed by atoms with Crippen molar-refractivity contribution >= 4 is 11.9 Å². The SMILES string of the molecule is C=C(CC)C(N)C(=O)O.CCC(C)C(N)C(=O)O. The summed E-state index contributed by atoms with van der Waals surface area (Å²) in [5.74, 6) is -1.85. The van der Waals surface area contributed by atoms with Gasteiger partial charge in [0.2, 0.25) is 0 Å². The van der Waals surface area contributed by atoms with Crippen LogP contribution in [0.25, 0.3) is 0 Å². The molecule has 0 saturated heterocycles. The molecule has 6 heteroatoms. The standard InChI is InChI=1S/C6H13NO2.C6H11NO2/c2*1-3-4(2)5(7)6(8)9/h4-5H,3,7H2,1-2H3,(H,8,9);5H,2-3,7H2,1H3,(H,8,9). The Morgan fingerprint density at radius 1 is 1.17 bits per heavy atom. The van der Waals surface area contributed by atoms with E-state index in [9.17, 15) is 9.59 Å². The summed E-state index contributed by atoms with van der Waals surface area (Å²) < 4.78 is 0. The number of carbonyl (C=O) groups is 2. The normalized spacial score (nSPS) is 14.7. The third-order valence-electron chi connectivity index (χ3n) is 2.70. The Labute approximate surface area is 108 Å². The van der Waals surface area contributed by atoms with Gasteiger partial charge in [-0.25, -0.2) is 0 Å². The van der Waals surface area contributed by atoms with Gasteiger partial charge in [0.15, 0.2) is 0 Å². The Balaban J connectivity index is 0. The first-order chi connectivity index (χ1) is 8.18. The van der Waals surface area contributed by atoms with Crippen LogP contribution in [0, 0.1) is 5.92 Å². The smallest absolute Gasteiger partial charge is 0.324 e. The maximum atomic E-state index is 10.2. The Kier molecular flexibility index (Phi) is 10.1. The molecule has 6 N–H and O–H groups in total. The predicted octanol–water partition coefficient (Wildman–Crippen LogP) is 0.809. The van der Waals surface area contributed by atoms with Gasteiger partial charge in [0.1, 0.15) is 12.1 Å². The van der Waals surface area contributed by atoms with Crippen molar-refractivity contribution in [3.05, 3.63) is 12.2 Å². The average molecular weight is 260 g/mol. The number of carboxylic acid groups (broad SMARTS) is 2. The van der Waals surface area contributed by atoms with Gasteiger partial charge >= 0.3 is 11.9 Å². The van der Waals surface area contributed by atoms with Crippen molar-refractivity contribution in [2.75, 3.05) is 0 Å². The first kappa shape index (κ1) is 19.0. The van der Waals surface area contributed by atoms with E-state index in [0.717, 1.165) is 6.42 Å². The molecule has 0 aromatic rings. The molecular weight excluding hydrogens is 236 g/mol. The summed E-state index contributed by atoms with van der Waals surface area (Å²) in [7, 11) is 0. The van der Waals surface area contributed by atoms with E-state index >= 15 is 0 Å². The molecule has 3 unspecified atom stereocenters. The van der Waals surface area contributed by atoms with Gasteiger partial charge in [0.25, 0.3) is 0 Å². The second kappa shape index (κ2) is 9.61. The molecule has 0 spiro atoms. The molecule has 0 aromatic heterocycles. The van der Waals surface area contributed by atoms with Crippen molar-refractivity contribution in [2.24, 2.45) is 17.4 Å². The number of aliphatic carboxylic acids is 2. The summed E-state index contributed by atoms with van der Waals surface area (Å²) in [6, 6.07) is -1.59. The molecule has 0 bridgehead atoms. The van der Waals surface area contributed by atoms with Crippen LogP contribution in [0.1, 0.15) is 33.6 Å². The van der Waals surface area contributed by atoms with Crippen molar-refractivity contribution in [3.8, 4) is 0 Å². The molecule has 18 heavy (non-hydrogen) atoms. The van der Waals surface area contributed by atoms with Crippen molar-refractivity contribution < 1.29 is 19.8 Å². The Bertz CT molecular complexity index is 292. The largest absolute Gasteiger partial charge is 0.480 e. The molecule has 0 amide bonds. The second-order valence-electron chi connectivity index (χ2n) is 4.08. The van der Waals surface area contributed by atoms with E-state index in [1.165, 1.54) is 0 Å². The van der Waals surface area contributed by atoms with Crippen LogP contribution < -0.4 is 11.5 Å². The number of hydrogen-bond acceptors (Lipinski definition) is 4. The van der Waals surface area contributed by atoms with Gasteiger partial charge in [0, 0.05) is 0 Å². The zero-order valence-electron chi connectivity index (χ0n) is 11.2. The molecule has 106 valence electrons. The summed E-state index contributed by atoms with van der Waals surface area (Å²) >= 11 is 0. The summed E-state index contributed by atoms with van der Waals surface area (Å²) in [5, 5.41) is 16.7. The van der Waals surface area contributed by atoms with Crippen LogP contribution in [-0.2, 0) is 9.59 Å². The summed E-state index contributed by atoms with van der Waals surface area (Å²) in [6.07, 6.45) is 1.43.